The van der Waals surface area contributed by atoms with Crippen molar-refractivity contribution >= 4 is 0 Å². The molecule has 1 fully saturated rings. The maximum Gasteiger partial charge on any atom is 0.0835 e. The first kappa shape index (κ1) is 23.7. The van der Waals surface area contributed by atoms with Crippen molar-refractivity contribution < 1.29 is 5.11 Å². The first-order valence-corrected chi connectivity index (χ1v) is 12.2. The third-order valence-electron chi connectivity index (χ3n) is 6.43. The molecule has 0 aromatic heterocycles. The Morgan fingerprint density at radius 3 is 1.88 bits per heavy atom. The van der Waals surface area contributed by atoms with Crippen LogP contribution in [-0.2, 0) is 19.6 Å². The summed E-state index contributed by atoms with van der Waals surface area (Å²) in [7, 11) is 0. The van der Waals surface area contributed by atoms with E-state index in [2.05, 4.69) is 113 Å². The van der Waals surface area contributed by atoms with Crippen molar-refractivity contribution in [2.75, 3.05) is 19.6 Å². The van der Waals surface area contributed by atoms with E-state index in [1.54, 1.807) is 0 Å². The van der Waals surface area contributed by atoms with Crippen LogP contribution in [0.4, 0.5) is 0 Å². The maximum atomic E-state index is 11.4. The van der Waals surface area contributed by atoms with Crippen LogP contribution in [-0.4, -0.2) is 52.7 Å². The Hall–Kier alpha value is -2.50. The lowest BCUT2D eigenvalue weighted by Gasteiger charge is -2.36. The highest BCUT2D eigenvalue weighted by Gasteiger charge is 2.46. The minimum atomic E-state index is -0.435. The monoisotopic (exact) mass is 443 g/mol. The lowest BCUT2D eigenvalue weighted by atomic mass is 10.0. The standard InChI is InChI=1S/C29H37N3O/c1-2-18-30-19-28(33)29(27-23-31(27)20-24-12-6-3-7-13-24)32(21-25-14-8-4-9-15-25)22-26-16-10-5-11-17-26/h3-17,27-30,33H,2,18-23H2,1H3/t27-,28-,29+,31?/m0/s1. The van der Waals surface area contributed by atoms with Crippen LogP contribution >= 0.6 is 0 Å². The van der Waals surface area contributed by atoms with Crippen LogP contribution in [0.5, 0.6) is 0 Å². The maximum absolute atomic E-state index is 11.4. The Morgan fingerprint density at radius 2 is 1.36 bits per heavy atom. The van der Waals surface area contributed by atoms with Crippen LogP contribution in [0.1, 0.15) is 30.0 Å². The molecule has 1 heterocycles. The Morgan fingerprint density at radius 1 is 0.848 bits per heavy atom. The van der Waals surface area contributed by atoms with E-state index in [0.29, 0.717) is 12.6 Å². The molecule has 1 aliphatic rings. The second-order valence-electron chi connectivity index (χ2n) is 9.12. The first-order chi connectivity index (χ1) is 16.2. The Kier molecular flexibility index (Phi) is 8.67. The molecule has 33 heavy (non-hydrogen) atoms. The zero-order valence-corrected chi connectivity index (χ0v) is 19.7. The van der Waals surface area contributed by atoms with E-state index in [-0.39, 0.29) is 6.04 Å². The Labute approximate surface area is 198 Å². The number of rotatable bonds is 13. The van der Waals surface area contributed by atoms with E-state index in [0.717, 1.165) is 39.1 Å². The molecule has 4 nitrogen and oxygen atoms in total. The summed E-state index contributed by atoms with van der Waals surface area (Å²) in [5.74, 6) is 0. The van der Waals surface area contributed by atoms with Crippen molar-refractivity contribution in [3.05, 3.63) is 108 Å². The molecule has 0 saturated carbocycles. The van der Waals surface area contributed by atoms with Crippen LogP contribution in [0.25, 0.3) is 0 Å². The lowest BCUT2D eigenvalue weighted by Crippen LogP contribution is -2.51. The van der Waals surface area contributed by atoms with Gasteiger partial charge >= 0.3 is 0 Å². The fourth-order valence-corrected chi connectivity index (χ4v) is 4.71. The zero-order chi connectivity index (χ0) is 22.9. The summed E-state index contributed by atoms with van der Waals surface area (Å²) in [6.45, 7) is 7.30. The van der Waals surface area contributed by atoms with Crippen LogP contribution in [0, 0.1) is 0 Å². The van der Waals surface area contributed by atoms with Gasteiger partial charge in [-0.2, -0.15) is 0 Å². The molecule has 4 atom stereocenters. The van der Waals surface area contributed by atoms with Gasteiger partial charge in [-0.15, -0.1) is 0 Å². The first-order valence-electron chi connectivity index (χ1n) is 12.2. The molecule has 1 unspecified atom stereocenters. The van der Waals surface area contributed by atoms with Crippen molar-refractivity contribution in [1.29, 1.82) is 0 Å². The number of nitrogens with one attached hydrogen (secondary N) is 1. The quantitative estimate of drug-likeness (QED) is 0.305. The van der Waals surface area contributed by atoms with Crippen LogP contribution < -0.4 is 5.32 Å². The highest BCUT2D eigenvalue weighted by molar-refractivity contribution is 5.20. The van der Waals surface area contributed by atoms with Gasteiger partial charge in [-0.25, -0.2) is 0 Å². The van der Waals surface area contributed by atoms with Gasteiger partial charge in [0.25, 0.3) is 0 Å². The summed E-state index contributed by atoms with van der Waals surface area (Å²) < 4.78 is 0. The van der Waals surface area contributed by atoms with Crippen LogP contribution in [0.2, 0.25) is 0 Å². The van der Waals surface area contributed by atoms with Gasteiger partial charge in [0, 0.05) is 38.8 Å². The molecular formula is C29H37N3O. The van der Waals surface area contributed by atoms with E-state index in [1.807, 2.05) is 0 Å². The van der Waals surface area contributed by atoms with Gasteiger partial charge in [0.15, 0.2) is 0 Å². The third-order valence-corrected chi connectivity index (χ3v) is 6.43. The number of benzene rings is 3. The van der Waals surface area contributed by atoms with Gasteiger partial charge in [0.1, 0.15) is 0 Å². The minimum Gasteiger partial charge on any atom is -0.390 e. The molecule has 0 aliphatic carbocycles. The molecule has 0 bridgehead atoms. The molecule has 1 aliphatic heterocycles. The van der Waals surface area contributed by atoms with Gasteiger partial charge in [-0.05, 0) is 29.7 Å². The SMILES string of the molecule is CCCNC[C@H](O)[C@@H]([C@@H]1CN1Cc1ccccc1)N(Cc1ccccc1)Cc1ccccc1. The fourth-order valence-electron chi connectivity index (χ4n) is 4.71. The van der Waals surface area contributed by atoms with Gasteiger partial charge in [0.05, 0.1) is 12.1 Å². The average molecular weight is 444 g/mol. The molecular weight excluding hydrogens is 406 g/mol. The highest BCUT2D eigenvalue weighted by Crippen LogP contribution is 2.31. The van der Waals surface area contributed by atoms with Crippen LogP contribution in [0.15, 0.2) is 91.0 Å². The minimum absolute atomic E-state index is 0.0541. The third kappa shape index (κ3) is 6.99. The zero-order valence-electron chi connectivity index (χ0n) is 19.7. The number of hydrogen-bond donors (Lipinski definition) is 2. The molecule has 3 aromatic carbocycles. The molecule has 1 saturated heterocycles. The van der Waals surface area contributed by atoms with Crippen molar-refractivity contribution in [3.63, 3.8) is 0 Å². The van der Waals surface area contributed by atoms with Crippen molar-refractivity contribution in [1.82, 2.24) is 15.1 Å². The molecule has 4 heteroatoms. The van der Waals surface area contributed by atoms with E-state index >= 15 is 0 Å². The van der Waals surface area contributed by atoms with Gasteiger partial charge < -0.3 is 10.4 Å². The smallest absolute Gasteiger partial charge is 0.0835 e. The van der Waals surface area contributed by atoms with E-state index in [9.17, 15) is 5.11 Å². The molecule has 0 radical (unpaired) electrons. The second kappa shape index (κ2) is 12.1. The number of aliphatic hydroxyl groups excluding tert-OH is 1. The lowest BCUT2D eigenvalue weighted by molar-refractivity contribution is 0.0316. The molecule has 4 rings (SSSR count). The van der Waals surface area contributed by atoms with E-state index in [4.69, 9.17) is 0 Å². The Balaban J connectivity index is 1.56. The predicted octanol–water partition coefficient (Wildman–Crippen LogP) is 4.30. The summed E-state index contributed by atoms with van der Waals surface area (Å²) in [6, 6.07) is 32.3. The van der Waals surface area contributed by atoms with E-state index in [1.165, 1.54) is 16.7 Å². The largest absolute Gasteiger partial charge is 0.390 e. The summed E-state index contributed by atoms with van der Waals surface area (Å²) in [6.07, 6.45) is 0.633. The van der Waals surface area contributed by atoms with Gasteiger partial charge in [-0.3, -0.25) is 9.80 Å². The average Bonchev–Trinajstić information content (AvgIpc) is 3.59. The van der Waals surface area contributed by atoms with Crippen molar-refractivity contribution in [2.24, 2.45) is 0 Å². The van der Waals surface area contributed by atoms with E-state index < -0.39 is 6.10 Å². The summed E-state index contributed by atoms with van der Waals surface area (Å²) in [4.78, 5) is 4.98. The molecule has 0 amide bonds. The second-order valence-corrected chi connectivity index (χ2v) is 9.12. The fraction of sp³-hybridized carbons (Fsp3) is 0.379. The van der Waals surface area contributed by atoms with Gasteiger partial charge in [-0.1, -0.05) is 97.9 Å². The number of nitrogens with zero attached hydrogens (tertiary/aromatic N) is 2. The van der Waals surface area contributed by atoms with Crippen molar-refractivity contribution in [3.8, 4) is 0 Å². The highest BCUT2D eigenvalue weighted by atomic mass is 16.3. The summed E-state index contributed by atoms with van der Waals surface area (Å²) >= 11 is 0. The van der Waals surface area contributed by atoms with Gasteiger partial charge in [0.2, 0.25) is 0 Å². The van der Waals surface area contributed by atoms with Crippen molar-refractivity contribution in [2.45, 2.75) is 51.2 Å². The Bertz CT molecular complexity index is 893. The summed E-state index contributed by atoms with van der Waals surface area (Å²) in [5.41, 5.74) is 3.89. The summed E-state index contributed by atoms with van der Waals surface area (Å²) in [5, 5.41) is 14.9. The molecule has 2 N–H and O–H groups in total. The normalized spacial score (nSPS) is 19.4. The van der Waals surface area contributed by atoms with Crippen LogP contribution in [0.3, 0.4) is 0 Å². The molecule has 0 spiro atoms. The predicted molar refractivity (Wildman–Crippen MR) is 136 cm³/mol. The topological polar surface area (TPSA) is 38.5 Å². The molecule has 174 valence electrons. The number of aliphatic hydroxyl groups is 1. The molecule has 3 aromatic rings. The number of hydrogen-bond acceptors (Lipinski definition) is 4.